The third-order valence-electron chi connectivity index (χ3n) is 5.10. The first-order chi connectivity index (χ1) is 12.9. The Morgan fingerprint density at radius 1 is 1.32 bits per heavy atom. The van der Waals surface area contributed by atoms with E-state index in [0.717, 1.165) is 19.4 Å². The molecule has 0 aliphatic carbocycles. The predicted molar refractivity (Wildman–Crippen MR) is 108 cm³/mol. The van der Waals surface area contributed by atoms with Gasteiger partial charge in [0.25, 0.3) is 5.91 Å². The van der Waals surface area contributed by atoms with Gasteiger partial charge in [0.15, 0.2) is 0 Å². The summed E-state index contributed by atoms with van der Waals surface area (Å²) in [4.78, 5) is 12.9. The fourth-order valence-corrected chi connectivity index (χ4v) is 4.88. The van der Waals surface area contributed by atoms with E-state index in [1.165, 1.54) is 29.6 Å². The van der Waals surface area contributed by atoms with Gasteiger partial charge >= 0.3 is 0 Å². The maximum Gasteiger partial charge on any atom is 0.255 e. The molecule has 1 aromatic rings. The van der Waals surface area contributed by atoms with Crippen LogP contribution in [-0.4, -0.2) is 70.7 Å². The molecule has 2 heterocycles. The Morgan fingerprint density at radius 2 is 2.04 bits per heavy atom. The summed E-state index contributed by atoms with van der Waals surface area (Å²) in [5, 5.41) is 6.34. The Labute approximate surface area is 172 Å². The molecule has 0 saturated carbocycles. The van der Waals surface area contributed by atoms with Crippen molar-refractivity contribution in [2.45, 2.75) is 36.7 Å². The van der Waals surface area contributed by atoms with Gasteiger partial charge in [0.2, 0.25) is 10.0 Å². The molecule has 0 bridgehead atoms. The van der Waals surface area contributed by atoms with Gasteiger partial charge in [-0.25, -0.2) is 8.42 Å². The molecule has 28 heavy (non-hydrogen) atoms. The number of methoxy groups -OCH3 is 1. The van der Waals surface area contributed by atoms with E-state index in [-0.39, 0.29) is 40.9 Å². The maximum absolute atomic E-state index is 12.9. The number of morpholine rings is 1. The molecule has 0 radical (unpaired) electrons. The topological polar surface area (TPSA) is 97.0 Å². The predicted octanol–water partition coefficient (Wildman–Crippen LogP) is 1.01. The smallest absolute Gasteiger partial charge is 0.255 e. The zero-order chi connectivity index (χ0) is 19.4. The monoisotopic (exact) mass is 433 g/mol. The number of carbonyl (C=O) groups excluding carboxylic acids is 1. The number of rotatable bonds is 5. The van der Waals surface area contributed by atoms with Crippen molar-refractivity contribution in [3.05, 3.63) is 23.8 Å². The Morgan fingerprint density at radius 3 is 2.68 bits per heavy atom. The molecule has 2 unspecified atom stereocenters. The molecular formula is C18H28ClN3O5S. The van der Waals surface area contributed by atoms with E-state index in [0.29, 0.717) is 32.1 Å². The van der Waals surface area contributed by atoms with Crippen molar-refractivity contribution in [2.75, 3.05) is 40.0 Å². The molecule has 3 rings (SSSR count). The second kappa shape index (κ2) is 9.89. The second-order valence-corrected chi connectivity index (χ2v) is 8.78. The van der Waals surface area contributed by atoms with Gasteiger partial charge in [0.1, 0.15) is 5.75 Å². The molecule has 158 valence electrons. The van der Waals surface area contributed by atoms with Crippen molar-refractivity contribution in [3.63, 3.8) is 0 Å². The van der Waals surface area contributed by atoms with Crippen LogP contribution in [0.15, 0.2) is 23.1 Å². The minimum absolute atomic E-state index is 0. The maximum atomic E-state index is 12.9. The minimum Gasteiger partial charge on any atom is -0.496 e. The van der Waals surface area contributed by atoms with Crippen molar-refractivity contribution in [1.82, 2.24) is 14.9 Å². The summed E-state index contributed by atoms with van der Waals surface area (Å²) in [5.41, 5.74) is 0.226. The lowest BCUT2D eigenvalue weighted by atomic mass is 9.99. The zero-order valence-corrected chi connectivity index (χ0v) is 17.8. The van der Waals surface area contributed by atoms with Crippen molar-refractivity contribution < 1.29 is 22.7 Å². The highest BCUT2D eigenvalue weighted by atomic mass is 35.5. The molecule has 2 aliphatic rings. The number of amides is 1. The van der Waals surface area contributed by atoms with E-state index >= 15 is 0 Å². The Bertz CT molecular complexity index is 783. The third-order valence-corrected chi connectivity index (χ3v) is 7.00. The van der Waals surface area contributed by atoms with Crippen LogP contribution in [0.1, 0.15) is 30.1 Å². The lowest BCUT2D eigenvalue weighted by Gasteiger charge is -2.31. The first-order valence-electron chi connectivity index (χ1n) is 9.23. The molecule has 2 atom stereocenters. The van der Waals surface area contributed by atoms with Crippen LogP contribution in [0.5, 0.6) is 5.75 Å². The fourth-order valence-electron chi connectivity index (χ4n) is 3.45. The van der Waals surface area contributed by atoms with E-state index in [4.69, 9.17) is 9.47 Å². The van der Waals surface area contributed by atoms with Crippen LogP contribution in [0, 0.1) is 0 Å². The van der Waals surface area contributed by atoms with Crippen LogP contribution >= 0.6 is 12.4 Å². The molecule has 2 aliphatic heterocycles. The van der Waals surface area contributed by atoms with Crippen LogP contribution < -0.4 is 15.4 Å². The van der Waals surface area contributed by atoms with Crippen LogP contribution in [0.25, 0.3) is 0 Å². The highest BCUT2D eigenvalue weighted by molar-refractivity contribution is 7.89. The van der Waals surface area contributed by atoms with Gasteiger partial charge in [-0.3, -0.25) is 4.79 Å². The van der Waals surface area contributed by atoms with Gasteiger partial charge in [-0.15, -0.1) is 12.4 Å². The average molecular weight is 434 g/mol. The van der Waals surface area contributed by atoms with E-state index in [2.05, 4.69) is 10.6 Å². The van der Waals surface area contributed by atoms with E-state index in [1.54, 1.807) is 0 Å². The van der Waals surface area contributed by atoms with Crippen molar-refractivity contribution in [2.24, 2.45) is 0 Å². The summed E-state index contributed by atoms with van der Waals surface area (Å²) >= 11 is 0. The number of carbonyl (C=O) groups is 1. The van der Waals surface area contributed by atoms with Crippen molar-refractivity contribution in [3.8, 4) is 5.75 Å². The highest BCUT2D eigenvalue weighted by Gasteiger charge is 2.29. The van der Waals surface area contributed by atoms with Crippen molar-refractivity contribution >= 4 is 28.3 Å². The van der Waals surface area contributed by atoms with Gasteiger partial charge in [-0.05, 0) is 44.5 Å². The van der Waals surface area contributed by atoms with Crippen LogP contribution in [-0.2, 0) is 14.8 Å². The minimum atomic E-state index is -3.68. The molecule has 10 heteroatoms. The van der Waals surface area contributed by atoms with E-state index < -0.39 is 10.0 Å². The number of hydrogen-bond acceptors (Lipinski definition) is 6. The average Bonchev–Trinajstić information content (AvgIpc) is 2.69. The summed E-state index contributed by atoms with van der Waals surface area (Å²) in [6.45, 7) is 4.32. The van der Waals surface area contributed by atoms with Crippen LogP contribution in [0.2, 0.25) is 0 Å². The van der Waals surface area contributed by atoms with Gasteiger partial charge in [-0.1, -0.05) is 0 Å². The first-order valence-corrected chi connectivity index (χ1v) is 10.7. The number of ether oxygens (including phenoxy) is 2. The van der Waals surface area contributed by atoms with Gasteiger partial charge < -0.3 is 20.1 Å². The number of hydrogen-bond donors (Lipinski definition) is 2. The standard InChI is InChI=1S/C18H27N3O5S.ClH/c1-13-16(4-3-7-19-13)20-18(22)15-12-14(5-6-17(15)25-2)27(23,24)21-8-10-26-11-9-21;/h5-6,12-13,16,19H,3-4,7-11H2,1-2H3,(H,20,22);1H. The Kier molecular flexibility index (Phi) is 8.08. The number of nitrogens with zero attached hydrogens (tertiary/aromatic N) is 1. The summed E-state index contributed by atoms with van der Waals surface area (Å²) in [6.07, 6.45) is 1.87. The van der Waals surface area contributed by atoms with Crippen molar-refractivity contribution in [1.29, 1.82) is 0 Å². The Balaban J connectivity index is 0.00000280. The fraction of sp³-hybridized carbons (Fsp3) is 0.611. The normalized spacial score (nSPS) is 23.5. The SMILES string of the molecule is COc1ccc(S(=O)(=O)N2CCOCC2)cc1C(=O)NC1CCCNC1C.Cl. The van der Waals surface area contributed by atoms with Gasteiger partial charge in [-0.2, -0.15) is 4.31 Å². The number of sulfonamides is 1. The van der Waals surface area contributed by atoms with E-state index in [1.807, 2.05) is 6.92 Å². The lowest BCUT2D eigenvalue weighted by molar-refractivity contribution is 0.0730. The number of nitrogens with one attached hydrogen (secondary N) is 2. The molecule has 0 spiro atoms. The Hall–Kier alpha value is -1.39. The highest BCUT2D eigenvalue weighted by Crippen LogP contribution is 2.25. The molecule has 2 N–H and O–H groups in total. The molecular weight excluding hydrogens is 406 g/mol. The van der Waals surface area contributed by atoms with Crippen LogP contribution in [0.4, 0.5) is 0 Å². The van der Waals surface area contributed by atoms with Gasteiger partial charge in [0.05, 0.1) is 30.8 Å². The zero-order valence-electron chi connectivity index (χ0n) is 16.1. The third kappa shape index (κ3) is 4.96. The molecule has 2 saturated heterocycles. The summed E-state index contributed by atoms with van der Waals surface area (Å²) in [7, 11) is -2.22. The molecule has 2 fully saturated rings. The molecule has 1 aromatic carbocycles. The summed E-state index contributed by atoms with van der Waals surface area (Å²) < 4.78 is 37.7. The van der Waals surface area contributed by atoms with E-state index in [9.17, 15) is 13.2 Å². The van der Waals surface area contributed by atoms with Crippen LogP contribution in [0.3, 0.4) is 0 Å². The second-order valence-electron chi connectivity index (χ2n) is 6.84. The number of benzene rings is 1. The number of halogens is 1. The quantitative estimate of drug-likeness (QED) is 0.719. The molecule has 8 nitrogen and oxygen atoms in total. The largest absolute Gasteiger partial charge is 0.496 e. The molecule has 1 amide bonds. The summed E-state index contributed by atoms with van der Waals surface area (Å²) in [5.74, 6) is 0.0243. The summed E-state index contributed by atoms with van der Waals surface area (Å²) in [6, 6.07) is 4.57. The lowest BCUT2D eigenvalue weighted by Crippen LogP contribution is -2.52. The molecule has 0 aromatic heterocycles. The number of piperidine rings is 1. The first kappa shape index (κ1) is 22.9. The van der Waals surface area contributed by atoms with Gasteiger partial charge in [0, 0.05) is 25.2 Å².